The molecule has 1 rings (SSSR count). The highest BCUT2D eigenvalue weighted by atomic mass is 16.4. The molecule has 6 heteroatoms. The lowest BCUT2D eigenvalue weighted by molar-refractivity contribution is -0.137. The number of H-pyrrole nitrogens is 1. The van der Waals surface area contributed by atoms with Gasteiger partial charge in [0.1, 0.15) is 11.6 Å². The fourth-order valence-electron chi connectivity index (χ4n) is 1.47. The van der Waals surface area contributed by atoms with Gasteiger partial charge in [0.2, 0.25) is 0 Å². The van der Waals surface area contributed by atoms with Gasteiger partial charge in [0, 0.05) is 18.5 Å². The summed E-state index contributed by atoms with van der Waals surface area (Å²) in [5, 5.41) is 11.7. The molecular weight excluding hydrogens is 222 g/mol. The largest absolute Gasteiger partial charge is 0.481 e. The van der Waals surface area contributed by atoms with E-state index in [1.807, 2.05) is 13.8 Å². The van der Waals surface area contributed by atoms with Crippen molar-refractivity contribution in [1.82, 2.24) is 9.97 Å². The molecule has 0 amide bonds. The van der Waals surface area contributed by atoms with E-state index in [-0.39, 0.29) is 18.0 Å². The Hall–Kier alpha value is -1.85. The summed E-state index contributed by atoms with van der Waals surface area (Å²) in [5.41, 5.74) is -0.232. The van der Waals surface area contributed by atoms with Crippen LogP contribution in [-0.2, 0) is 11.2 Å². The van der Waals surface area contributed by atoms with E-state index < -0.39 is 5.97 Å². The van der Waals surface area contributed by atoms with Crippen LogP contribution in [0.3, 0.4) is 0 Å². The van der Waals surface area contributed by atoms with Crippen molar-refractivity contribution < 1.29 is 9.90 Å². The van der Waals surface area contributed by atoms with Crippen molar-refractivity contribution in [2.75, 3.05) is 5.32 Å². The molecule has 1 unspecified atom stereocenters. The van der Waals surface area contributed by atoms with Gasteiger partial charge in [-0.25, -0.2) is 4.98 Å². The number of carboxylic acids is 1. The molecule has 0 aliphatic carbocycles. The quantitative estimate of drug-likeness (QED) is 0.688. The number of hydrogen-bond donors (Lipinski definition) is 3. The van der Waals surface area contributed by atoms with E-state index in [4.69, 9.17) is 5.11 Å². The van der Waals surface area contributed by atoms with Crippen molar-refractivity contribution in [3.8, 4) is 0 Å². The molecule has 0 aliphatic heterocycles. The summed E-state index contributed by atoms with van der Waals surface area (Å²) in [6.07, 6.45) is 1.29. The third-order valence-electron chi connectivity index (χ3n) is 2.39. The Balaban J connectivity index is 2.81. The van der Waals surface area contributed by atoms with Gasteiger partial charge in [-0.2, -0.15) is 0 Å². The monoisotopic (exact) mass is 239 g/mol. The smallest absolute Gasteiger partial charge is 0.305 e. The highest BCUT2D eigenvalue weighted by Crippen LogP contribution is 2.07. The zero-order valence-corrected chi connectivity index (χ0v) is 9.99. The molecule has 0 aromatic carbocycles. The lowest BCUT2D eigenvalue weighted by atomic mass is 10.1. The van der Waals surface area contributed by atoms with Crippen molar-refractivity contribution in [2.45, 2.75) is 39.2 Å². The second-order valence-corrected chi connectivity index (χ2v) is 3.78. The predicted octanol–water partition coefficient (Wildman–Crippen LogP) is 0.997. The fraction of sp³-hybridized carbons (Fsp3) is 0.545. The Kier molecular flexibility index (Phi) is 4.68. The molecule has 1 aromatic rings. The number of aromatic nitrogens is 2. The highest BCUT2D eigenvalue weighted by molar-refractivity contribution is 5.68. The Morgan fingerprint density at radius 1 is 1.59 bits per heavy atom. The molecule has 1 heterocycles. The first-order chi connectivity index (χ1) is 8.05. The van der Waals surface area contributed by atoms with Crippen LogP contribution in [0, 0.1) is 0 Å². The zero-order valence-electron chi connectivity index (χ0n) is 9.99. The third kappa shape index (κ3) is 4.26. The second kappa shape index (κ2) is 6.03. The SMILES string of the molecule is CCc1nc(NC(CC)CC(=O)O)cc(=O)[nH]1. The topological polar surface area (TPSA) is 95.1 Å². The van der Waals surface area contributed by atoms with Crippen LogP contribution in [-0.4, -0.2) is 27.1 Å². The van der Waals surface area contributed by atoms with Crippen molar-refractivity contribution in [2.24, 2.45) is 0 Å². The summed E-state index contributed by atoms with van der Waals surface area (Å²) in [4.78, 5) is 28.7. The van der Waals surface area contributed by atoms with E-state index >= 15 is 0 Å². The summed E-state index contributed by atoms with van der Waals surface area (Å²) < 4.78 is 0. The number of aliphatic carboxylic acids is 1. The first kappa shape index (κ1) is 13.2. The summed E-state index contributed by atoms with van der Waals surface area (Å²) in [5.74, 6) is 0.147. The third-order valence-corrected chi connectivity index (χ3v) is 2.39. The molecule has 0 radical (unpaired) electrons. The molecule has 0 spiro atoms. The van der Waals surface area contributed by atoms with Crippen LogP contribution >= 0.6 is 0 Å². The minimum atomic E-state index is -0.870. The lowest BCUT2D eigenvalue weighted by Gasteiger charge is -2.15. The maximum atomic E-state index is 11.3. The highest BCUT2D eigenvalue weighted by Gasteiger charge is 2.12. The second-order valence-electron chi connectivity index (χ2n) is 3.78. The van der Waals surface area contributed by atoms with Gasteiger partial charge in [0.15, 0.2) is 0 Å². The number of hydrogen-bond acceptors (Lipinski definition) is 4. The normalized spacial score (nSPS) is 12.1. The van der Waals surface area contributed by atoms with E-state index in [9.17, 15) is 9.59 Å². The van der Waals surface area contributed by atoms with Gasteiger partial charge in [-0.15, -0.1) is 0 Å². The molecule has 0 saturated heterocycles. The van der Waals surface area contributed by atoms with E-state index in [0.717, 1.165) is 0 Å². The number of rotatable bonds is 6. The Bertz CT molecular complexity index is 442. The summed E-state index contributed by atoms with van der Waals surface area (Å²) >= 11 is 0. The average Bonchev–Trinajstić information content (AvgIpc) is 2.26. The number of nitrogens with zero attached hydrogens (tertiary/aromatic N) is 1. The van der Waals surface area contributed by atoms with Crippen molar-refractivity contribution >= 4 is 11.8 Å². The Labute approximate surface area is 99.1 Å². The summed E-state index contributed by atoms with van der Waals surface area (Å²) in [6, 6.07) is 1.12. The number of anilines is 1. The molecule has 1 aromatic heterocycles. The molecule has 1 atom stereocenters. The van der Waals surface area contributed by atoms with Gasteiger partial charge in [0.05, 0.1) is 6.42 Å². The maximum Gasteiger partial charge on any atom is 0.305 e. The molecule has 94 valence electrons. The maximum absolute atomic E-state index is 11.3. The van der Waals surface area contributed by atoms with Gasteiger partial charge >= 0.3 is 5.97 Å². The Morgan fingerprint density at radius 2 is 2.29 bits per heavy atom. The fourth-order valence-corrected chi connectivity index (χ4v) is 1.47. The van der Waals surface area contributed by atoms with Gasteiger partial charge < -0.3 is 15.4 Å². The number of aryl methyl sites for hydroxylation is 1. The van der Waals surface area contributed by atoms with Crippen LogP contribution < -0.4 is 10.9 Å². The molecule has 17 heavy (non-hydrogen) atoms. The van der Waals surface area contributed by atoms with Crippen LogP contribution in [0.5, 0.6) is 0 Å². The Morgan fingerprint density at radius 3 is 2.82 bits per heavy atom. The molecule has 0 saturated carbocycles. The van der Waals surface area contributed by atoms with Crippen LogP contribution in [0.4, 0.5) is 5.82 Å². The first-order valence-corrected chi connectivity index (χ1v) is 5.63. The number of aromatic amines is 1. The minimum Gasteiger partial charge on any atom is -0.481 e. The molecule has 0 bridgehead atoms. The van der Waals surface area contributed by atoms with Crippen LogP contribution in [0.2, 0.25) is 0 Å². The average molecular weight is 239 g/mol. The van der Waals surface area contributed by atoms with Crippen LogP contribution in [0.15, 0.2) is 10.9 Å². The number of carboxylic acid groups (broad SMARTS) is 1. The predicted molar refractivity (Wildman–Crippen MR) is 64.2 cm³/mol. The van der Waals surface area contributed by atoms with Crippen LogP contribution in [0.1, 0.15) is 32.5 Å². The summed E-state index contributed by atoms with van der Waals surface area (Å²) in [6.45, 7) is 3.77. The first-order valence-electron chi connectivity index (χ1n) is 5.63. The van der Waals surface area contributed by atoms with Gasteiger partial charge in [0.25, 0.3) is 5.56 Å². The summed E-state index contributed by atoms with van der Waals surface area (Å²) in [7, 11) is 0. The van der Waals surface area contributed by atoms with Gasteiger partial charge in [-0.1, -0.05) is 13.8 Å². The lowest BCUT2D eigenvalue weighted by Crippen LogP contribution is -2.24. The van der Waals surface area contributed by atoms with Crippen molar-refractivity contribution in [1.29, 1.82) is 0 Å². The molecule has 0 fully saturated rings. The zero-order chi connectivity index (χ0) is 12.8. The minimum absolute atomic E-state index is 0.00639. The van der Waals surface area contributed by atoms with Gasteiger partial charge in [-0.05, 0) is 6.42 Å². The number of nitrogens with one attached hydrogen (secondary N) is 2. The molecule has 3 N–H and O–H groups in total. The van der Waals surface area contributed by atoms with Gasteiger partial charge in [-0.3, -0.25) is 9.59 Å². The van der Waals surface area contributed by atoms with Crippen molar-refractivity contribution in [3.63, 3.8) is 0 Å². The van der Waals surface area contributed by atoms with Crippen LogP contribution in [0.25, 0.3) is 0 Å². The van der Waals surface area contributed by atoms with E-state index in [1.165, 1.54) is 6.07 Å². The standard InChI is InChI=1S/C11H17N3O3/c1-3-7(5-11(16)17)12-9-6-10(15)14-8(4-2)13-9/h6-7H,3-5H2,1-2H3,(H,16,17)(H2,12,13,14,15). The molecule has 6 nitrogen and oxygen atoms in total. The molecular formula is C11H17N3O3. The van der Waals surface area contributed by atoms with E-state index in [2.05, 4.69) is 15.3 Å². The number of carbonyl (C=O) groups is 1. The van der Waals surface area contributed by atoms with E-state index in [0.29, 0.717) is 24.5 Å². The van der Waals surface area contributed by atoms with E-state index in [1.54, 1.807) is 0 Å². The van der Waals surface area contributed by atoms with Crippen molar-refractivity contribution in [3.05, 3.63) is 22.2 Å². The molecule has 0 aliphatic rings.